The Bertz CT molecular complexity index is 247. The van der Waals surface area contributed by atoms with E-state index in [9.17, 15) is 0 Å². The molecular formula is C9H13N3. The van der Waals surface area contributed by atoms with Crippen molar-refractivity contribution in [1.29, 1.82) is 0 Å². The predicted molar refractivity (Wildman–Crippen MR) is 48.1 cm³/mol. The third kappa shape index (κ3) is 1.26. The third-order valence-electron chi connectivity index (χ3n) is 2.43. The number of hydrogen-bond donors (Lipinski definition) is 0. The summed E-state index contributed by atoms with van der Waals surface area (Å²) in [5, 5.41) is 0. The second kappa shape index (κ2) is 3.09. The fraction of sp³-hybridized carbons (Fsp3) is 0.556. The van der Waals surface area contributed by atoms with Crippen molar-refractivity contribution >= 4 is 5.69 Å². The Labute approximate surface area is 72.4 Å². The molecule has 0 bridgehead atoms. The Balaban J connectivity index is 2.19. The van der Waals surface area contributed by atoms with Crippen LogP contribution in [0.1, 0.15) is 19.8 Å². The average Bonchev–Trinajstić information content (AvgIpc) is 2.53. The van der Waals surface area contributed by atoms with Gasteiger partial charge in [0, 0.05) is 12.6 Å². The van der Waals surface area contributed by atoms with Crippen molar-refractivity contribution in [2.45, 2.75) is 25.8 Å². The summed E-state index contributed by atoms with van der Waals surface area (Å²) in [6.45, 7) is 3.40. The molecule has 3 nitrogen and oxygen atoms in total. The van der Waals surface area contributed by atoms with Crippen LogP contribution in [0.3, 0.4) is 0 Å². The number of hydrogen-bond acceptors (Lipinski definition) is 3. The average molecular weight is 163 g/mol. The lowest BCUT2D eigenvalue weighted by molar-refractivity contribution is 0.732. The standard InChI is InChI=1S/C9H13N3/c1-8-3-2-4-12(8)9-5-10-7-11-6-9/h5-8H,2-4H2,1H3. The van der Waals surface area contributed by atoms with Gasteiger partial charge < -0.3 is 4.90 Å². The Kier molecular flexibility index (Phi) is 1.94. The van der Waals surface area contributed by atoms with Gasteiger partial charge in [0.25, 0.3) is 0 Å². The first kappa shape index (κ1) is 7.53. The second-order valence-electron chi connectivity index (χ2n) is 3.28. The van der Waals surface area contributed by atoms with E-state index in [4.69, 9.17) is 0 Å². The Hall–Kier alpha value is -1.12. The van der Waals surface area contributed by atoms with Crippen LogP contribution in [0.5, 0.6) is 0 Å². The minimum absolute atomic E-state index is 0.649. The highest BCUT2D eigenvalue weighted by Crippen LogP contribution is 2.22. The van der Waals surface area contributed by atoms with Gasteiger partial charge in [-0.05, 0) is 19.8 Å². The molecule has 0 radical (unpaired) electrons. The largest absolute Gasteiger partial charge is 0.366 e. The maximum atomic E-state index is 4.01. The van der Waals surface area contributed by atoms with Gasteiger partial charge in [-0.2, -0.15) is 0 Å². The third-order valence-corrected chi connectivity index (χ3v) is 2.43. The maximum Gasteiger partial charge on any atom is 0.115 e. The van der Waals surface area contributed by atoms with Gasteiger partial charge in [-0.1, -0.05) is 0 Å². The summed E-state index contributed by atoms with van der Waals surface area (Å²) in [4.78, 5) is 10.4. The molecule has 0 saturated carbocycles. The molecule has 2 rings (SSSR count). The van der Waals surface area contributed by atoms with Crippen LogP contribution >= 0.6 is 0 Å². The summed E-state index contributed by atoms with van der Waals surface area (Å²) in [5.74, 6) is 0. The van der Waals surface area contributed by atoms with Gasteiger partial charge in [0.1, 0.15) is 6.33 Å². The van der Waals surface area contributed by atoms with Crippen molar-refractivity contribution in [2.24, 2.45) is 0 Å². The topological polar surface area (TPSA) is 29.0 Å². The molecule has 0 N–H and O–H groups in total. The molecule has 1 aliphatic rings. The van der Waals surface area contributed by atoms with E-state index in [2.05, 4.69) is 21.8 Å². The summed E-state index contributed by atoms with van der Waals surface area (Å²) in [7, 11) is 0. The number of rotatable bonds is 1. The summed E-state index contributed by atoms with van der Waals surface area (Å²) >= 11 is 0. The first-order valence-electron chi connectivity index (χ1n) is 4.39. The van der Waals surface area contributed by atoms with Gasteiger partial charge in [0.2, 0.25) is 0 Å². The van der Waals surface area contributed by atoms with Crippen LogP contribution in [0.2, 0.25) is 0 Å². The van der Waals surface area contributed by atoms with E-state index in [0.717, 1.165) is 12.2 Å². The highest BCUT2D eigenvalue weighted by atomic mass is 15.2. The summed E-state index contributed by atoms with van der Waals surface area (Å²) in [6.07, 6.45) is 7.92. The molecule has 0 aliphatic carbocycles. The van der Waals surface area contributed by atoms with E-state index in [1.54, 1.807) is 6.33 Å². The molecule has 1 unspecified atom stereocenters. The molecule has 0 aromatic carbocycles. The molecule has 3 heteroatoms. The zero-order valence-electron chi connectivity index (χ0n) is 7.27. The number of nitrogens with zero attached hydrogens (tertiary/aromatic N) is 3. The van der Waals surface area contributed by atoms with E-state index >= 15 is 0 Å². The molecule has 0 spiro atoms. The molecule has 2 heterocycles. The molecule has 1 aromatic rings. The van der Waals surface area contributed by atoms with Crippen molar-refractivity contribution in [3.05, 3.63) is 18.7 Å². The number of aromatic nitrogens is 2. The molecule has 12 heavy (non-hydrogen) atoms. The zero-order chi connectivity index (χ0) is 8.39. The van der Waals surface area contributed by atoms with Gasteiger partial charge in [-0.25, -0.2) is 9.97 Å². The monoisotopic (exact) mass is 163 g/mol. The van der Waals surface area contributed by atoms with Crippen LogP contribution in [0.4, 0.5) is 5.69 Å². The lowest BCUT2D eigenvalue weighted by atomic mass is 10.2. The van der Waals surface area contributed by atoms with Crippen LogP contribution in [0.25, 0.3) is 0 Å². The molecule has 1 aromatic heterocycles. The van der Waals surface area contributed by atoms with Gasteiger partial charge in [-0.3, -0.25) is 0 Å². The van der Waals surface area contributed by atoms with Crippen molar-refractivity contribution < 1.29 is 0 Å². The van der Waals surface area contributed by atoms with E-state index < -0.39 is 0 Å². The van der Waals surface area contributed by atoms with E-state index in [-0.39, 0.29) is 0 Å². The van der Waals surface area contributed by atoms with Crippen molar-refractivity contribution in [2.75, 3.05) is 11.4 Å². The van der Waals surface area contributed by atoms with Crippen LogP contribution in [0, 0.1) is 0 Å². The van der Waals surface area contributed by atoms with E-state index in [1.807, 2.05) is 12.4 Å². The second-order valence-corrected chi connectivity index (χ2v) is 3.28. The lowest BCUT2D eigenvalue weighted by Crippen LogP contribution is -2.26. The fourth-order valence-electron chi connectivity index (χ4n) is 1.76. The maximum absolute atomic E-state index is 4.01. The lowest BCUT2D eigenvalue weighted by Gasteiger charge is -2.22. The molecule has 1 atom stereocenters. The van der Waals surface area contributed by atoms with E-state index in [1.165, 1.54) is 12.8 Å². The summed E-state index contributed by atoms with van der Waals surface area (Å²) in [5.41, 5.74) is 1.16. The molecule has 64 valence electrons. The summed E-state index contributed by atoms with van der Waals surface area (Å²) < 4.78 is 0. The molecule has 0 amide bonds. The molecule has 1 aliphatic heterocycles. The van der Waals surface area contributed by atoms with E-state index in [0.29, 0.717) is 6.04 Å². The van der Waals surface area contributed by atoms with Gasteiger partial charge in [-0.15, -0.1) is 0 Å². The fourth-order valence-corrected chi connectivity index (χ4v) is 1.76. The minimum Gasteiger partial charge on any atom is -0.366 e. The molecular weight excluding hydrogens is 150 g/mol. The first-order chi connectivity index (χ1) is 5.88. The van der Waals surface area contributed by atoms with Gasteiger partial charge in [0.15, 0.2) is 0 Å². The predicted octanol–water partition coefficient (Wildman–Crippen LogP) is 1.47. The first-order valence-corrected chi connectivity index (χ1v) is 4.39. The Morgan fingerprint density at radius 2 is 2.17 bits per heavy atom. The van der Waals surface area contributed by atoms with Crippen molar-refractivity contribution in [3.63, 3.8) is 0 Å². The minimum atomic E-state index is 0.649. The highest BCUT2D eigenvalue weighted by molar-refractivity contribution is 5.43. The zero-order valence-corrected chi connectivity index (χ0v) is 7.27. The molecule has 1 fully saturated rings. The number of anilines is 1. The smallest absolute Gasteiger partial charge is 0.115 e. The van der Waals surface area contributed by atoms with Crippen molar-refractivity contribution in [1.82, 2.24) is 9.97 Å². The van der Waals surface area contributed by atoms with Crippen LogP contribution < -0.4 is 4.90 Å². The van der Waals surface area contributed by atoms with Gasteiger partial charge >= 0.3 is 0 Å². The van der Waals surface area contributed by atoms with Crippen LogP contribution in [-0.2, 0) is 0 Å². The van der Waals surface area contributed by atoms with Crippen LogP contribution in [0.15, 0.2) is 18.7 Å². The SMILES string of the molecule is CC1CCCN1c1cncnc1. The van der Waals surface area contributed by atoms with Crippen LogP contribution in [-0.4, -0.2) is 22.6 Å². The Morgan fingerprint density at radius 1 is 1.42 bits per heavy atom. The van der Waals surface area contributed by atoms with Crippen molar-refractivity contribution in [3.8, 4) is 0 Å². The summed E-state index contributed by atoms with van der Waals surface area (Å²) in [6, 6.07) is 0.649. The quantitative estimate of drug-likeness (QED) is 0.627. The Morgan fingerprint density at radius 3 is 2.75 bits per heavy atom. The normalized spacial score (nSPS) is 23.1. The molecule has 1 saturated heterocycles. The highest BCUT2D eigenvalue weighted by Gasteiger charge is 2.20. The van der Waals surface area contributed by atoms with Gasteiger partial charge in [0.05, 0.1) is 18.1 Å².